The molecule has 0 bridgehead atoms. The number of carbonyl (C=O) groups is 2. The summed E-state index contributed by atoms with van der Waals surface area (Å²) in [5.74, 6) is -0.906. The lowest BCUT2D eigenvalue weighted by molar-refractivity contribution is -0.136. The average Bonchev–Trinajstić information content (AvgIpc) is 3.24. The van der Waals surface area contributed by atoms with Crippen LogP contribution in [0.3, 0.4) is 0 Å². The van der Waals surface area contributed by atoms with Crippen molar-refractivity contribution >= 4 is 11.8 Å². The van der Waals surface area contributed by atoms with Gasteiger partial charge in [-0.25, -0.2) is 0 Å². The van der Waals surface area contributed by atoms with Gasteiger partial charge in [0, 0.05) is 23.0 Å². The van der Waals surface area contributed by atoms with Crippen LogP contribution in [0, 0.1) is 0 Å². The van der Waals surface area contributed by atoms with Crippen LogP contribution in [0.25, 0.3) is 22.4 Å². The Labute approximate surface area is 168 Å². The average molecular weight is 381 g/mol. The van der Waals surface area contributed by atoms with Gasteiger partial charge in [0.05, 0.1) is 6.42 Å². The van der Waals surface area contributed by atoms with Gasteiger partial charge in [-0.15, -0.1) is 0 Å². The Morgan fingerprint density at radius 1 is 0.793 bits per heavy atom. The molecule has 0 saturated carbocycles. The zero-order valence-electron chi connectivity index (χ0n) is 15.6. The molecule has 0 atom stereocenters. The lowest BCUT2D eigenvalue weighted by atomic mass is 9.95. The van der Waals surface area contributed by atoms with Crippen LogP contribution in [0.4, 0.5) is 0 Å². The maximum absolute atomic E-state index is 13.2. The van der Waals surface area contributed by atoms with Crippen molar-refractivity contribution < 1.29 is 14.7 Å². The molecule has 0 saturated heterocycles. The monoisotopic (exact) mass is 381 g/mol. The maximum Gasteiger partial charge on any atom is 0.307 e. The van der Waals surface area contributed by atoms with E-state index in [9.17, 15) is 9.59 Å². The molecule has 0 unspecified atom stereocenters. The molecule has 0 aliphatic carbocycles. The minimum Gasteiger partial charge on any atom is -0.481 e. The highest BCUT2D eigenvalue weighted by Crippen LogP contribution is 2.27. The Balaban J connectivity index is 1.62. The lowest BCUT2D eigenvalue weighted by Gasteiger charge is -2.08. The fourth-order valence-corrected chi connectivity index (χ4v) is 3.37. The highest BCUT2D eigenvalue weighted by atomic mass is 16.4. The van der Waals surface area contributed by atoms with Gasteiger partial charge in [-0.3, -0.25) is 9.59 Å². The lowest BCUT2D eigenvalue weighted by Crippen LogP contribution is -2.02. The first kappa shape index (κ1) is 18.4. The van der Waals surface area contributed by atoms with Crippen LogP contribution >= 0.6 is 0 Å². The Morgan fingerprint density at radius 2 is 1.48 bits per heavy atom. The Hall–Kier alpha value is -3.92. The van der Waals surface area contributed by atoms with Crippen molar-refractivity contribution in [3.8, 4) is 22.4 Å². The first-order valence-electron chi connectivity index (χ1n) is 9.30. The van der Waals surface area contributed by atoms with Gasteiger partial charge in [-0.2, -0.15) is 0 Å². The molecule has 29 heavy (non-hydrogen) atoms. The van der Waals surface area contributed by atoms with E-state index >= 15 is 0 Å². The highest BCUT2D eigenvalue weighted by molar-refractivity contribution is 6.13. The molecule has 4 nitrogen and oxygen atoms in total. The number of rotatable bonds is 6. The summed E-state index contributed by atoms with van der Waals surface area (Å²) in [6.07, 6.45) is 1.70. The van der Waals surface area contributed by atoms with E-state index in [1.807, 2.05) is 72.8 Å². The van der Waals surface area contributed by atoms with Crippen molar-refractivity contribution in [3.05, 3.63) is 108 Å². The number of ketones is 1. The molecular formula is C25H19NO3. The molecule has 0 fully saturated rings. The summed E-state index contributed by atoms with van der Waals surface area (Å²) in [7, 11) is 0. The minimum atomic E-state index is -0.859. The van der Waals surface area contributed by atoms with Crippen molar-refractivity contribution in [2.45, 2.75) is 6.42 Å². The van der Waals surface area contributed by atoms with Crippen LogP contribution in [-0.2, 0) is 11.2 Å². The second-order valence-electron chi connectivity index (χ2n) is 6.81. The molecule has 142 valence electrons. The van der Waals surface area contributed by atoms with Gasteiger partial charge in [0.1, 0.15) is 0 Å². The van der Waals surface area contributed by atoms with Crippen LogP contribution < -0.4 is 0 Å². The van der Waals surface area contributed by atoms with Crippen LogP contribution in [0.2, 0.25) is 0 Å². The number of aromatic nitrogens is 1. The van der Waals surface area contributed by atoms with Gasteiger partial charge in [0.25, 0.3) is 0 Å². The van der Waals surface area contributed by atoms with Gasteiger partial charge in [0.15, 0.2) is 5.78 Å². The standard InChI is InChI=1S/C25H19NO3/c27-24(28)14-17-10-12-19(13-11-17)23-15-20(16-26-23)25(29)22-9-5-4-8-21(22)18-6-2-1-3-7-18/h1-13,15-16,26H,14H2,(H,27,28). The van der Waals surface area contributed by atoms with Crippen LogP contribution in [0.15, 0.2) is 91.1 Å². The number of H-pyrrole nitrogens is 1. The van der Waals surface area contributed by atoms with Crippen LogP contribution in [0.1, 0.15) is 21.5 Å². The molecule has 4 heteroatoms. The van der Waals surface area contributed by atoms with E-state index in [4.69, 9.17) is 5.11 Å². The second-order valence-corrected chi connectivity index (χ2v) is 6.81. The number of hydrogen-bond acceptors (Lipinski definition) is 2. The predicted octanol–water partition coefficient (Wildman–Crippen LogP) is 5.21. The van der Waals surface area contributed by atoms with E-state index in [1.165, 1.54) is 0 Å². The summed E-state index contributed by atoms with van der Waals surface area (Å²) in [4.78, 5) is 27.2. The van der Waals surface area contributed by atoms with Gasteiger partial charge >= 0.3 is 5.97 Å². The van der Waals surface area contributed by atoms with E-state index in [1.54, 1.807) is 18.3 Å². The summed E-state index contributed by atoms with van der Waals surface area (Å²) in [5.41, 5.74) is 5.59. The predicted molar refractivity (Wildman–Crippen MR) is 113 cm³/mol. The molecular weight excluding hydrogens is 362 g/mol. The zero-order chi connectivity index (χ0) is 20.2. The summed E-state index contributed by atoms with van der Waals surface area (Å²) < 4.78 is 0. The smallest absolute Gasteiger partial charge is 0.307 e. The number of aliphatic carboxylic acids is 1. The number of carboxylic acids is 1. The SMILES string of the molecule is O=C(O)Cc1ccc(-c2cc(C(=O)c3ccccc3-c3ccccc3)c[nH]2)cc1. The van der Waals surface area contributed by atoms with E-state index in [2.05, 4.69) is 4.98 Å². The summed E-state index contributed by atoms with van der Waals surface area (Å²) in [6.45, 7) is 0. The summed E-state index contributed by atoms with van der Waals surface area (Å²) in [6, 6.07) is 26.6. The first-order valence-corrected chi connectivity index (χ1v) is 9.30. The molecule has 0 amide bonds. The molecule has 0 aliphatic heterocycles. The molecule has 0 spiro atoms. The third kappa shape index (κ3) is 4.01. The molecule has 1 aromatic heterocycles. The van der Waals surface area contributed by atoms with E-state index in [-0.39, 0.29) is 12.2 Å². The largest absolute Gasteiger partial charge is 0.481 e. The fourth-order valence-electron chi connectivity index (χ4n) is 3.37. The quantitative estimate of drug-likeness (QED) is 0.451. The van der Waals surface area contributed by atoms with Gasteiger partial charge in [-0.1, -0.05) is 78.9 Å². The van der Waals surface area contributed by atoms with Gasteiger partial charge in [0.2, 0.25) is 0 Å². The maximum atomic E-state index is 13.2. The van der Waals surface area contributed by atoms with Crippen molar-refractivity contribution in [1.29, 1.82) is 0 Å². The first-order chi connectivity index (χ1) is 14.1. The molecule has 3 aromatic carbocycles. The minimum absolute atomic E-state index is 0.00892. The van der Waals surface area contributed by atoms with Crippen molar-refractivity contribution in [3.63, 3.8) is 0 Å². The third-order valence-corrected chi connectivity index (χ3v) is 4.82. The van der Waals surface area contributed by atoms with Crippen molar-refractivity contribution in [1.82, 2.24) is 4.98 Å². The number of hydrogen-bond donors (Lipinski definition) is 2. The van der Waals surface area contributed by atoms with E-state index in [0.717, 1.165) is 27.9 Å². The summed E-state index contributed by atoms with van der Waals surface area (Å²) in [5, 5.41) is 8.89. The molecule has 0 radical (unpaired) electrons. The Kier molecular flexibility index (Phi) is 5.08. The Morgan fingerprint density at radius 3 is 2.21 bits per heavy atom. The highest BCUT2D eigenvalue weighted by Gasteiger charge is 2.16. The normalized spacial score (nSPS) is 10.6. The molecule has 1 heterocycles. The number of carbonyl (C=O) groups excluding carboxylic acids is 1. The fraction of sp³-hybridized carbons (Fsp3) is 0.0400. The molecule has 4 aromatic rings. The third-order valence-electron chi connectivity index (χ3n) is 4.82. The van der Waals surface area contributed by atoms with Crippen LogP contribution in [-0.4, -0.2) is 21.8 Å². The molecule has 0 aliphatic rings. The number of carboxylic acid groups (broad SMARTS) is 1. The van der Waals surface area contributed by atoms with Crippen molar-refractivity contribution in [2.75, 3.05) is 0 Å². The molecule has 4 rings (SSSR count). The van der Waals surface area contributed by atoms with Crippen LogP contribution in [0.5, 0.6) is 0 Å². The Bertz CT molecular complexity index is 1160. The topological polar surface area (TPSA) is 70.2 Å². The van der Waals surface area contributed by atoms with Gasteiger partial charge in [-0.05, 0) is 28.3 Å². The summed E-state index contributed by atoms with van der Waals surface area (Å²) >= 11 is 0. The zero-order valence-corrected chi connectivity index (χ0v) is 15.6. The number of aromatic amines is 1. The molecule has 2 N–H and O–H groups in total. The van der Waals surface area contributed by atoms with Gasteiger partial charge < -0.3 is 10.1 Å². The number of nitrogens with one attached hydrogen (secondary N) is 1. The van der Waals surface area contributed by atoms with Crippen molar-refractivity contribution in [2.24, 2.45) is 0 Å². The van der Waals surface area contributed by atoms with E-state index in [0.29, 0.717) is 11.1 Å². The van der Waals surface area contributed by atoms with E-state index < -0.39 is 5.97 Å². The number of benzene rings is 3. The second kappa shape index (κ2) is 7.98.